The van der Waals surface area contributed by atoms with Crippen molar-refractivity contribution in [3.63, 3.8) is 0 Å². The summed E-state index contributed by atoms with van der Waals surface area (Å²) < 4.78 is 4.67. The molecular weight excluding hydrogens is 200 g/mol. The van der Waals surface area contributed by atoms with Gasteiger partial charge >= 0.3 is 5.97 Å². The molecule has 0 atom stereocenters. The lowest BCUT2D eigenvalue weighted by molar-refractivity contribution is -0.147. The maximum atomic E-state index is 11.3. The van der Waals surface area contributed by atoms with Crippen LogP contribution in [0.5, 0.6) is 0 Å². The highest BCUT2D eigenvalue weighted by Crippen LogP contribution is 2.08. The van der Waals surface area contributed by atoms with Gasteiger partial charge in [-0.1, -0.05) is 0 Å². The lowest BCUT2D eigenvalue weighted by atomic mass is 10.1. The van der Waals surface area contributed by atoms with E-state index >= 15 is 0 Å². The van der Waals surface area contributed by atoms with Gasteiger partial charge in [0, 0.05) is 18.1 Å². The predicted octanol–water partition coefficient (Wildman–Crippen LogP) is 1.18. The molecule has 0 saturated heterocycles. The van der Waals surface area contributed by atoms with Crippen molar-refractivity contribution in [2.75, 3.05) is 7.11 Å². The smallest absolute Gasteiger partial charge is 0.325 e. The van der Waals surface area contributed by atoms with Crippen molar-refractivity contribution in [1.29, 1.82) is 0 Å². The van der Waals surface area contributed by atoms with Crippen molar-refractivity contribution in [3.8, 4) is 0 Å². The molecular formula is C9H14N2O2S. The molecule has 1 rings (SSSR count). The number of carbonyl (C=O) groups excluding carboxylic acids is 1. The summed E-state index contributed by atoms with van der Waals surface area (Å²) in [7, 11) is 1.38. The maximum absolute atomic E-state index is 11.3. The summed E-state index contributed by atoms with van der Waals surface area (Å²) in [6.07, 6.45) is 1.74. The van der Waals surface area contributed by atoms with Gasteiger partial charge < -0.3 is 4.74 Å². The number of hydrogen-bond acceptors (Lipinski definition) is 5. The second-order valence-electron chi connectivity index (χ2n) is 3.40. The van der Waals surface area contributed by atoms with E-state index in [0.717, 1.165) is 5.01 Å². The number of esters is 1. The molecule has 1 N–H and O–H groups in total. The molecule has 0 unspecified atom stereocenters. The third kappa shape index (κ3) is 2.78. The fraction of sp³-hybridized carbons (Fsp3) is 0.556. The predicted molar refractivity (Wildman–Crippen MR) is 55.0 cm³/mol. The summed E-state index contributed by atoms with van der Waals surface area (Å²) in [5.41, 5.74) is -0.666. The Hall–Kier alpha value is -0.940. The van der Waals surface area contributed by atoms with E-state index in [2.05, 4.69) is 15.0 Å². The van der Waals surface area contributed by atoms with Crippen LogP contribution in [-0.2, 0) is 16.1 Å². The Labute approximate surface area is 87.3 Å². The summed E-state index contributed by atoms with van der Waals surface area (Å²) in [5, 5.41) is 5.95. The van der Waals surface area contributed by atoms with Crippen LogP contribution in [0.4, 0.5) is 0 Å². The Balaban J connectivity index is 2.48. The first-order valence-corrected chi connectivity index (χ1v) is 5.16. The average molecular weight is 214 g/mol. The van der Waals surface area contributed by atoms with Gasteiger partial charge in [-0.3, -0.25) is 10.1 Å². The van der Waals surface area contributed by atoms with Gasteiger partial charge in [-0.2, -0.15) is 0 Å². The highest BCUT2D eigenvalue weighted by atomic mass is 32.1. The zero-order valence-corrected chi connectivity index (χ0v) is 9.35. The zero-order chi connectivity index (χ0) is 10.6. The molecule has 0 aromatic carbocycles. The molecule has 0 aliphatic rings. The van der Waals surface area contributed by atoms with E-state index < -0.39 is 5.54 Å². The molecule has 14 heavy (non-hydrogen) atoms. The van der Waals surface area contributed by atoms with E-state index in [-0.39, 0.29) is 5.97 Å². The first kappa shape index (κ1) is 11.1. The van der Waals surface area contributed by atoms with E-state index in [9.17, 15) is 4.79 Å². The number of thiazole rings is 1. The first-order chi connectivity index (χ1) is 6.56. The number of nitrogens with one attached hydrogen (secondary N) is 1. The molecule has 1 aromatic heterocycles. The normalized spacial score (nSPS) is 11.4. The van der Waals surface area contributed by atoms with E-state index in [4.69, 9.17) is 0 Å². The molecule has 0 spiro atoms. The molecule has 1 heterocycles. The topological polar surface area (TPSA) is 51.2 Å². The molecule has 0 fully saturated rings. The van der Waals surface area contributed by atoms with Crippen molar-refractivity contribution in [1.82, 2.24) is 10.3 Å². The van der Waals surface area contributed by atoms with Crippen LogP contribution in [0, 0.1) is 0 Å². The third-order valence-electron chi connectivity index (χ3n) is 1.86. The van der Waals surface area contributed by atoms with Crippen LogP contribution in [0.2, 0.25) is 0 Å². The minimum Gasteiger partial charge on any atom is -0.468 e. The summed E-state index contributed by atoms with van der Waals surface area (Å²) in [5.74, 6) is -0.269. The highest BCUT2D eigenvalue weighted by molar-refractivity contribution is 7.09. The molecule has 0 bridgehead atoms. The van der Waals surface area contributed by atoms with E-state index in [1.54, 1.807) is 31.4 Å². The van der Waals surface area contributed by atoms with Crippen molar-refractivity contribution < 1.29 is 9.53 Å². The van der Waals surface area contributed by atoms with Gasteiger partial charge in [0.25, 0.3) is 0 Å². The van der Waals surface area contributed by atoms with Crippen LogP contribution in [0.25, 0.3) is 0 Å². The Kier molecular flexibility index (Phi) is 3.60. The lowest BCUT2D eigenvalue weighted by Gasteiger charge is -2.22. The number of rotatable bonds is 4. The van der Waals surface area contributed by atoms with E-state index in [0.29, 0.717) is 6.54 Å². The number of aromatic nitrogens is 1. The van der Waals surface area contributed by atoms with Crippen LogP contribution >= 0.6 is 11.3 Å². The Bertz CT molecular complexity index is 296. The molecule has 0 radical (unpaired) electrons. The number of ether oxygens (including phenoxy) is 1. The Morgan fingerprint density at radius 3 is 2.93 bits per heavy atom. The number of nitrogens with zero attached hydrogens (tertiary/aromatic N) is 1. The molecule has 78 valence electrons. The second kappa shape index (κ2) is 4.52. The van der Waals surface area contributed by atoms with E-state index in [1.165, 1.54) is 7.11 Å². The highest BCUT2D eigenvalue weighted by Gasteiger charge is 2.27. The summed E-state index contributed by atoms with van der Waals surface area (Å²) in [6, 6.07) is 0. The monoisotopic (exact) mass is 214 g/mol. The molecule has 0 amide bonds. The van der Waals surface area contributed by atoms with E-state index in [1.807, 2.05) is 5.38 Å². The lowest BCUT2D eigenvalue weighted by Crippen LogP contribution is -2.46. The molecule has 0 aliphatic heterocycles. The fourth-order valence-electron chi connectivity index (χ4n) is 0.964. The maximum Gasteiger partial charge on any atom is 0.325 e. The van der Waals surface area contributed by atoms with Crippen molar-refractivity contribution in [2.24, 2.45) is 0 Å². The van der Waals surface area contributed by atoms with Crippen molar-refractivity contribution in [3.05, 3.63) is 16.6 Å². The van der Waals surface area contributed by atoms with Gasteiger partial charge in [-0.05, 0) is 13.8 Å². The van der Waals surface area contributed by atoms with Gasteiger partial charge in [-0.25, -0.2) is 4.98 Å². The van der Waals surface area contributed by atoms with Gasteiger partial charge in [0.05, 0.1) is 7.11 Å². The van der Waals surface area contributed by atoms with Crippen LogP contribution < -0.4 is 5.32 Å². The minimum absolute atomic E-state index is 0.269. The van der Waals surface area contributed by atoms with Crippen LogP contribution in [0.3, 0.4) is 0 Å². The van der Waals surface area contributed by atoms with Crippen LogP contribution in [0.1, 0.15) is 18.9 Å². The first-order valence-electron chi connectivity index (χ1n) is 4.28. The fourth-order valence-corrected chi connectivity index (χ4v) is 1.52. The number of carbonyl (C=O) groups is 1. The van der Waals surface area contributed by atoms with Gasteiger partial charge in [0.2, 0.25) is 0 Å². The van der Waals surface area contributed by atoms with Gasteiger partial charge in [-0.15, -0.1) is 11.3 Å². The summed E-state index contributed by atoms with van der Waals surface area (Å²) in [4.78, 5) is 15.4. The van der Waals surface area contributed by atoms with Crippen molar-refractivity contribution >= 4 is 17.3 Å². The molecule has 0 aliphatic carbocycles. The van der Waals surface area contributed by atoms with Crippen molar-refractivity contribution in [2.45, 2.75) is 25.9 Å². The quantitative estimate of drug-likeness (QED) is 0.765. The molecule has 0 saturated carbocycles. The molecule has 1 aromatic rings. The zero-order valence-electron chi connectivity index (χ0n) is 8.53. The number of hydrogen-bond donors (Lipinski definition) is 1. The summed E-state index contributed by atoms with van der Waals surface area (Å²) >= 11 is 1.56. The standard InChI is InChI=1S/C9H14N2O2S/c1-9(2,8(12)13-3)11-6-7-10-4-5-14-7/h4-5,11H,6H2,1-3H3. The van der Waals surface area contributed by atoms with Crippen LogP contribution in [-0.4, -0.2) is 23.6 Å². The second-order valence-corrected chi connectivity index (χ2v) is 4.38. The Morgan fingerprint density at radius 1 is 1.71 bits per heavy atom. The third-order valence-corrected chi connectivity index (χ3v) is 2.64. The molecule has 4 nitrogen and oxygen atoms in total. The number of methoxy groups -OCH3 is 1. The largest absolute Gasteiger partial charge is 0.468 e. The summed E-state index contributed by atoms with van der Waals surface area (Å²) in [6.45, 7) is 4.15. The van der Waals surface area contributed by atoms with Gasteiger partial charge in [0.15, 0.2) is 0 Å². The minimum atomic E-state index is -0.666. The molecule has 5 heteroatoms. The van der Waals surface area contributed by atoms with Crippen LogP contribution in [0.15, 0.2) is 11.6 Å². The van der Waals surface area contributed by atoms with Gasteiger partial charge in [0.1, 0.15) is 10.5 Å². The average Bonchev–Trinajstić information content (AvgIpc) is 2.66. The SMILES string of the molecule is COC(=O)C(C)(C)NCc1nccs1. The Morgan fingerprint density at radius 2 is 2.43 bits per heavy atom.